The Balaban J connectivity index is 1.29. The molecule has 9 nitrogen and oxygen atoms in total. The van der Waals surface area contributed by atoms with E-state index < -0.39 is 28.8 Å². The van der Waals surface area contributed by atoms with Crippen molar-refractivity contribution in [3.05, 3.63) is 78.3 Å². The fourth-order valence-electron chi connectivity index (χ4n) is 5.85. The van der Waals surface area contributed by atoms with Gasteiger partial charge >= 0.3 is 5.97 Å². The number of fused-ring (bicyclic) bond motifs is 1. The lowest BCUT2D eigenvalue weighted by atomic mass is 9.78. The number of hydrogen-bond acceptors (Lipinski definition) is 7. The number of halogens is 2. The molecule has 1 amide bonds. The van der Waals surface area contributed by atoms with Gasteiger partial charge in [0.15, 0.2) is 0 Å². The summed E-state index contributed by atoms with van der Waals surface area (Å²) in [6.07, 6.45) is 9.16. The third kappa shape index (κ3) is 5.51. The molecule has 1 aromatic heterocycles. The average Bonchev–Trinajstić information content (AvgIpc) is 2.92. The van der Waals surface area contributed by atoms with Gasteiger partial charge in [-0.15, -0.1) is 0 Å². The van der Waals surface area contributed by atoms with Gasteiger partial charge in [-0.25, -0.2) is 4.79 Å². The summed E-state index contributed by atoms with van der Waals surface area (Å²) in [5.74, 6) is -1.14. The smallest absolute Gasteiger partial charge is 0.326 e. The number of amides is 1. The predicted octanol–water partition coefficient (Wildman–Crippen LogP) is 4.50. The third-order valence-electron chi connectivity index (χ3n) is 7.76. The van der Waals surface area contributed by atoms with E-state index >= 15 is 0 Å². The van der Waals surface area contributed by atoms with Crippen molar-refractivity contribution in [2.45, 2.75) is 57.0 Å². The monoisotopic (exact) mass is 570 g/mol. The maximum Gasteiger partial charge on any atom is 0.326 e. The minimum absolute atomic E-state index is 0.0654. The van der Waals surface area contributed by atoms with Crippen molar-refractivity contribution in [3.8, 4) is 0 Å². The highest BCUT2D eigenvalue weighted by atomic mass is 35.5. The zero-order valence-electron chi connectivity index (χ0n) is 21.1. The van der Waals surface area contributed by atoms with Gasteiger partial charge in [0, 0.05) is 37.1 Å². The molecule has 3 aromatic rings. The molecule has 1 aliphatic carbocycles. The SMILES string of the molecule is O=C(Nc1ccc(C[C@H](Nc2c(N3CCCC4CCCCC43)c(=O)c2=O)C(=O)O)cc1)c1c(Cl)cncc1Cl. The van der Waals surface area contributed by atoms with Crippen molar-refractivity contribution in [2.24, 2.45) is 5.92 Å². The highest BCUT2D eigenvalue weighted by molar-refractivity contribution is 6.40. The number of piperidine rings is 1. The van der Waals surface area contributed by atoms with Crippen LogP contribution in [0.5, 0.6) is 0 Å². The highest BCUT2D eigenvalue weighted by Gasteiger charge is 2.38. The number of carbonyl (C=O) groups excluding carboxylic acids is 1. The number of hydrogen-bond donors (Lipinski definition) is 3. The normalized spacial score (nSPS) is 19.8. The molecule has 0 radical (unpaired) electrons. The molecule has 204 valence electrons. The van der Waals surface area contributed by atoms with Crippen molar-refractivity contribution in [2.75, 3.05) is 22.1 Å². The second-order valence-electron chi connectivity index (χ2n) is 10.2. The van der Waals surface area contributed by atoms with Crippen LogP contribution in [0.4, 0.5) is 17.1 Å². The van der Waals surface area contributed by atoms with Crippen LogP contribution in [0.2, 0.25) is 10.0 Å². The van der Waals surface area contributed by atoms with Gasteiger partial charge in [-0.1, -0.05) is 48.2 Å². The van der Waals surface area contributed by atoms with Gasteiger partial charge in [-0.3, -0.25) is 19.4 Å². The summed E-state index contributed by atoms with van der Waals surface area (Å²) in [7, 11) is 0. The highest BCUT2D eigenvalue weighted by Crippen LogP contribution is 2.39. The maximum absolute atomic E-state index is 12.6. The minimum atomic E-state index is -1.14. The number of carbonyl (C=O) groups is 2. The second kappa shape index (κ2) is 11.4. The Bertz CT molecular complexity index is 1450. The molecule has 0 spiro atoms. The van der Waals surface area contributed by atoms with E-state index in [0.717, 1.165) is 32.1 Å². The van der Waals surface area contributed by atoms with E-state index in [1.165, 1.54) is 18.8 Å². The van der Waals surface area contributed by atoms with Gasteiger partial charge < -0.3 is 20.6 Å². The first kappa shape index (κ1) is 27.1. The number of pyridine rings is 1. The summed E-state index contributed by atoms with van der Waals surface area (Å²) < 4.78 is 0. The fraction of sp³-hybridized carbons (Fsp3) is 0.393. The number of anilines is 3. The number of nitrogens with zero attached hydrogens (tertiary/aromatic N) is 2. The van der Waals surface area contributed by atoms with Gasteiger partial charge in [-0.2, -0.15) is 0 Å². The van der Waals surface area contributed by atoms with Crippen LogP contribution in [0, 0.1) is 5.92 Å². The first-order chi connectivity index (χ1) is 18.7. The van der Waals surface area contributed by atoms with Crippen molar-refractivity contribution < 1.29 is 14.7 Å². The molecule has 1 saturated heterocycles. The van der Waals surface area contributed by atoms with Crippen LogP contribution in [-0.2, 0) is 11.2 Å². The van der Waals surface area contributed by atoms with Gasteiger partial charge in [0.05, 0.1) is 15.6 Å². The topological polar surface area (TPSA) is 129 Å². The number of carboxylic acid groups (broad SMARTS) is 1. The Kier molecular flexibility index (Phi) is 7.91. The molecule has 2 aromatic carbocycles. The van der Waals surface area contributed by atoms with Gasteiger partial charge in [0.2, 0.25) is 0 Å². The quantitative estimate of drug-likeness (QED) is 0.337. The summed E-state index contributed by atoms with van der Waals surface area (Å²) >= 11 is 12.1. The van der Waals surface area contributed by atoms with Crippen LogP contribution < -0.4 is 26.4 Å². The van der Waals surface area contributed by atoms with Gasteiger partial charge in [0.1, 0.15) is 17.4 Å². The lowest BCUT2D eigenvalue weighted by molar-refractivity contribution is -0.137. The number of benzene rings is 1. The van der Waals surface area contributed by atoms with Crippen LogP contribution in [0.25, 0.3) is 0 Å². The minimum Gasteiger partial charge on any atom is -0.480 e. The molecule has 2 unspecified atom stereocenters. The van der Waals surface area contributed by atoms with Crippen molar-refractivity contribution >= 4 is 52.1 Å². The standard InChI is InChI=1S/C28H28Cl2N4O5/c29-18-13-31-14-19(30)22(18)27(37)32-17-9-7-15(8-10-17)12-20(28(38)39)33-23-24(26(36)25(23)35)34-11-3-5-16-4-1-2-6-21(16)34/h7-10,13-14,16,20-21,33H,1-6,11-12H2,(H,32,37)(H,38,39)/t16?,20-,21?/m0/s1. The summed E-state index contributed by atoms with van der Waals surface area (Å²) in [5, 5.41) is 15.7. The fourth-order valence-corrected chi connectivity index (χ4v) is 6.38. The van der Waals surface area contributed by atoms with Crippen molar-refractivity contribution in [3.63, 3.8) is 0 Å². The van der Waals surface area contributed by atoms with Crippen molar-refractivity contribution in [1.82, 2.24) is 4.98 Å². The first-order valence-electron chi connectivity index (χ1n) is 13.0. The summed E-state index contributed by atoms with van der Waals surface area (Å²) in [5.41, 5.74) is 0.471. The largest absolute Gasteiger partial charge is 0.480 e. The summed E-state index contributed by atoms with van der Waals surface area (Å²) in [6.45, 7) is 0.696. The average molecular weight is 571 g/mol. The number of aliphatic carboxylic acids is 1. The number of nitrogens with one attached hydrogen (secondary N) is 2. The molecule has 2 fully saturated rings. The predicted molar refractivity (Wildman–Crippen MR) is 151 cm³/mol. The van der Waals surface area contributed by atoms with Gasteiger partial charge in [0.25, 0.3) is 16.8 Å². The van der Waals surface area contributed by atoms with Crippen LogP contribution >= 0.6 is 23.2 Å². The van der Waals surface area contributed by atoms with Crippen LogP contribution in [-0.4, -0.2) is 40.6 Å². The van der Waals surface area contributed by atoms with Crippen LogP contribution in [0.15, 0.2) is 46.2 Å². The van der Waals surface area contributed by atoms with Gasteiger partial charge in [-0.05, 0) is 49.3 Å². The Morgan fingerprint density at radius 3 is 2.36 bits per heavy atom. The first-order valence-corrected chi connectivity index (χ1v) is 13.8. The molecule has 39 heavy (non-hydrogen) atoms. The van der Waals surface area contributed by atoms with E-state index in [-0.39, 0.29) is 33.8 Å². The summed E-state index contributed by atoms with van der Waals surface area (Å²) in [6, 6.07) is 5.74. The number of aromatic nitrogens is 1. The Morgan fingerprint density at radius 1 is 1.00 bits per heavy atom. The molecule has 2 heterocycles. The molecule has 11 heteroatoms. The van der Waals surface area contributed by atoms with E-state index in [2.05, 4.69) is 20.5 Å². The Morgan fingerprint density at radius 2 is 1.67 bits per heavy atom. The third-order valence-corrected chi connectivity index (χ3v) is 8.34. The van der Waals surface area contributed by atoms with E-state index in [1.54, 1.807) is 24.3 Å². The molecule has 1 saturated carbocycles. The molecule has 2 aliphatic rings. The molecule has 3 N–H and O–H groups in total. The van der Waals surface area contributed by atoms with Crippen LogP contribution in [0.1, 0.15) is 54.4 Å². The molecule has 5 rings (SSSR count). The zero-order valence-corrected chi connectivity index (χ0v) is 22.6. The molecule has 1 aliphatic heterocycles. The van der Waals surface area contributed by atoms with E-state index in [0.29, 0.717) is 29.4 Å². The molecule has 3 atom stereocenters. The van der Waals surface area contributed by atoms with Crippen LogP contribution in [0.3, 0.4) is 0 Å². The molecular formula is C28H28Cl2N4O5. The Labute approximate surface area is 234 Å². The lowest BCUT2D eigenvalue weighted by Crippen LogP contribution is -2.53. The second-order valence-corrected chi connectivity index (χ2v) is 11.0. The van der Waals surface area contributed by atoms with E-state index in [4.69, 9.17) is 23.2 Å². The Hall–Kier alpha value is -3.43. The number of rotatable bonds is 8. The lowest BCUT2D eigenvalue weighted by Gasteiger charge is -2.46. The molecular weight excluding hydrogens is 543 g/mol. The van der Waals surface area contributed by atoms with Crippen molar-refractivity contribution in [1.29, 1.82) is 0 Å². The zero-order chi connectivity index (χ0) is 27.7. The van der Waals surface area contributed by atoms with E-state index in [9.17, 15) is 24.3 Å². The van der Waals surface area contributed by atoms with E-state index in [1.807, 2.05) is 0 Å². The maximum atomic E-state index is 12.6. The number of carboxylic acids is 1. The molecule has 0 bridgehead atoms. The summed E-state index contributed by atoms with van der Waals surface area (Å²) in [4.78, 5) is 55.8.